The van der Waals surface area contributed by atoms with Gasteiger partial charge in [0, 0.05) is 29.9 Å². The van der Waals surface area contributed by atoms with E-state index in [1.165, 1.54) is 5.56 Å². The van der Waals surface area contributed by atoms with Crippen LogP contribution in [0.15, 0.2) is 47.0 Å². The van der Waals surface area contributed by atoms with Crippen LogP contribution in [0.3, 0.4) is 0 Å². The molecule has 2 N–H and O–H groups in total. The molecule has 3 aromatic rings. The fraction of sp³-hybridized carbons (Fsp3) is 0.414. The van der Waals surface area contributed by atoms with Gasteiger partial charge < -0.3 is 14.9 Å². The van der Waals surface area contributed by atoms with Crippen LogP contribution in [0.5, 0.6) is 0 Å². The van der Waals surface area contributed by atoms with Gasteiger partial charge in [0.25, 0.3) is 0 Å². The minimum Gasteiger partial charge on any atom is -0.481 e. The molecule has 1 atom stereocenters. The molecule has 0 saturated heterocycles. The zero-order valence-corrected chi connectivity index (χ0v) is 21.8. The standard InChI is InChI=1S/C29H33ClN2O4/c1-17(2)14-19-5-7-21(8-6-19)29-27(20-9-10-20)28(32-36-29)22(11-13-26(34)35)16-25(33)31-24-12-4-18(3)15-23(24)30/h4-8,12,15,17,20,22H,9-11,13-14,16H2,1-3H3,(H,31,33)(H,34,35). The van der Waals surface area contributed by atoms with E-state index in [9.17, 15) is 14.7 Å². The van der Waals surface area contributed by atoms with E-state index >= 15 is 0 Å². The van der Waals surface area contributed by atoms with Gasteiger partial charge >= 0.3 is 5.97 Å². The number of rotatable bonds is 11. The number of hydrogen-bond acceptors (Lipinski definition) is 4. The van der Waals surface area contributed by atoms with Crippen molar-refractivity contribution in [2.75, 3.05) is 5.32 Å². The van der Waals surface area contributed by atoms with Crippen LogP contribution in [0.25, 0.3) is 11.3 Å². The number of nitrogens with zero attached hydrogens (tertiary/aromatic N) is 1. The number of hydrogen-bond donors (Lipinski definition) is 2. The number of carboxylic acid groups (broad SMARTS) is 1. The summed E-state index contributed by atoms with van der Waals surface area (Å²) in [5, 5.41) is 17.1. The van der Waals surface area contributed by atoms with Crippen molar-refractivity contribution in [2.24, 2.45) is 5.92 Å². The first-order valence-corrected chi connectivity index (χ1v) is 13.0. The molecule has 1 fully saturated rings. The predicted molar refractivity (Wildman–Crippen MR) is 142 cm³/mol. The zero-order chi connectivity index (χ0) is 25.8. The summed E-state index contributed by atoms with van der Waals surface area (Å²) in [6, 6.07) is 13.8. The van der Waals surface area contributed by atoms with Crippen molar-refractivity contribution in [3.63, 3.8) is 0 Å². The maximum absolute atomic E-state index is 13.0. The van der Waals surface area contributed by atoms with Gasteiger partial charge in [-0.1, -0.05) is 60.9 Å². The van der Waals surface area contributed by atoms with E-state index in [0.717, 1.165) is 41.7 Å². The first kappa shape index (κ1) is 26.0. The van der Waals surface area contributed by atoms with Gasteiger partial charge in [0.05, 0.1) is 16.4 Å². The Kier molecular flexibility index (Phi) is 8.14. The molecule has 0 radical (unpaired) electrons. The smallest absolute Gasteiger partial charge is 0.303 e. The Balaban J connectivity index is 1.60. The highest BCUT2D eigenvalue weighted by molar-refractivity contribution is 6.33. The fourth-order valence-electron chi connectivity index (χ4n) is 4.62. The summed E-state index contributed by atoms with van der Waals surface area (Å²) in [5.74, 6) is 0.105. The molecule has 0 aliphatic heterocycles. The highest BCUT2D eigenvalue weighted by atomic mass is 35.5. The van der Waals surface area contributed by atoms with Gasteiger partial charge in [0.2, 0.25) is 5.91 Å². The summed E-state index contributed by atoms with van der Waals surface area (Å²) in [4.78, 5) is 24.4. The second kappa shape index (κ2) is 11.3. The highest BCUT2D eigenvalue weighted by Crippen LogP contribution is 2.48. The summed E-state index contributed by atoms with van der Waals surface area (Å²) >= 11 is 6.30. The van der Waals surface area contributed by atoms with E-state index in [0.29, 0.717) is 34.7 Å². The van der Waals surface area contributed by atoms with E-state index in [1.54, 1.807) is 12.1 Å². The first-order valence-electron chi connectivity index (χ1n) is 12.6. The van der Waals surface area contributed by atoms with Gasteiger partial charge in [-0.3, -0.25) is 9.59 Å². The lowest BCUT2D eigenvalue weighted by molar-refractivity contribution is -0.137. The van der Waals surface area contributed by atoms with Crippen molar-refractivity contribution in [3.8, 4) is 11.3 Å². The molecule has 1 aromatic heterocycles. The third kappa shape index (κ3) is 6.55. The number of benzene rings is 2. The van der Waals surface area contributed by atoms with Crippen LogP contribution in [0, 0.1) is 12.8 Å². The molecule has 1 aliphatic rings. The molecule has 1 unspecified atom stereocenters. The van der Waals surface area contributed by atoms with Crippen LogP contribution >= 0.6 is 11.6 Å². The van der Waals surface area contributed by atoms with Gasteiger partial charge in [-0.05, 0) is 67.7 Å². The lowest BCUT2D eigenvalue weighted by Crippen LogP contribution is -2.17. The van der Waals surface area contributed by atoms with Crippen molar-refractivity contribution < 1.29 is 19.2 Å². The monoisotopic (exact) mass is 508 g/mol. The molecule has 2 aromatic carbocycles. The first-order chi connectivity index (χ1) is 17.2. The summed E-state index contributed by atoms with van der Waals surface area (Å²) in [6.45, 7) is 6.32. The number of halogens is 1. The van der Waals surface area contributed by atoms with Crippen LogP contribution in [-0.4, -0.2) is 22.1 Å². The number of aromatic nitrogens is 1. The minimum absolute atomic E-state index is 0.0561. The van der Waals surface area contributed by atoms with E-state index < -0.39 is 5.97 Å². The Hall–Kier alpha value is -3.12. The number of anilines is 1. The van der Waals surface area contributed by atoms with E-state index in [1.807, 2.05) is 13.0 Å². The molecule has 1 aliphatic carbocycles. The average Bonchev–Trinajstić information content (AvgIpc) is 3.56. The van der Waals surface area contributed by atoms with Crippen molar-refractivity contribution >= 4 is 29.2 Å². The number of nitrogens with one attached hydrogen (secondary N) is 1. The van der Waals surface area contributed by atoms with Crippen molar-refractivity contribution in [1.82, 2.24) is 5.16 Å². The SMILES string of the molecule is Cc1ccc(NC(=O)CC(CCC(=O)O)c2noc(-c3ccc(CC(C)C)cc3)c2C2CC2)c(Cl)c1. The average molecular weight is 509 g/mol. The molecule has 1 heterocycles. The van der Waals surface area contributed by atoms with Crippen molar-refractivity contribution in [3.05, 3.63) is 69.9 Å². The molecule has 6 nitrogen and oxygen atoms in total. The molecule has 1 saturated carbocycles. The van der Waals surface area contributed by atoms with Crippen LogP contribution < -0.4 is 5.32 Å². The summed E-state index contributed by atoms with van der Waals surface area (Å²) < 4.78 is 5.87. The van der Waals surface area contributed by atoms with Crippen LogP contribution in [0.4, 0.5) is 5.69 Å². The van der Waals surface area contributed by atoms with E-state index in [4.69, 9.17) is 16.1 Å². The Morgan fingerprint density at radius 1 is 1.17 bits per heavy atom. The van der Waals surface area contributed by atoms with Crippen LogP contribution in [0.1, 0.15) is 80.2 Å². The number of aryl methyl sites for hydroxylation is 1. The largest absolute Gasteiger partial charge is 0.481 e. The number of amides is 1. The topological polar surface area (TPSA) is 92.4 Å². The van der Waals surface area contributed by atoms with Gasteiger partial charge in [0.15, 0.2) is 5.76 Å². The Morgan fingerprint density at radius 2 is 1.89 bits per heavy atom. The Labute approximate surface area is 217 Å². The molecule has 1 amide bonds. The third-order valence-electron chi connectivity index (χ3n) is 6.53. The summed E-state index contributed by atoms with van der Waals surface area (Å²) in [5.41, 5.74) is 5.48. The van der Waals surface area contributed by atoms with Crippen molar-refractivity contribution in [1.29, 1.82) is 0 Å². The van der Waals surface area contributed by atoms with Crippen molar-refractivity contribution in [2.45, 2.75) is 71.1 Å². The number of carbonyl (C=O) groups excluding carboxylic acids is 1. The fourth-order valence-corrected chi connectivity index (χ4v) is 4.90. The molecule has 4 rings (SSSR count). The Bertz CT molecular complexity index is 1230. The van der Waals surface area contributed by atoms with Gasteiger partial charge in [-0.15, -0.1) is 0 Å². The molecule has 36 heavy (non-hydrogen) atoms. The predicted octanol–water partition coefficient (Wildman–Crippen LogP) is 7.36. The zero-order valence-electron chi connectivity index (χ0n) is 21.0. The van der Waals surface area contributed by atoms with E-state index in [2.05, 4.69) is 48.6 Å². The normalized spacial score (nSPS) is 14.1. The minimum atomic E-state index is -0.903. The van der Waals surface area contributed by atoms with Gasteiger partial charge in [-0.2, -0.15) is 0 Å². The lowest BCUT2D eigenvalue weighted by atomic mass is 9.89. The number of carboxylic acids is 1. The number of carbonyl (C=O) groups is 2. The van der Waals surface area contributed by atoms with Crippen LogP contribution in [0.2, 0.25) is 5.02 Å². The highest BCUT2D eigenvalue weighted by Gasteiger charge is 2.36. The van der Waals surface area contributed by atoms with Crippen LogP contribution in [-0.2, 0) is 16.0 Å². The molecule has 190 valence electrons. The molecule has 0 bridgehead atoms. The summed E-state index contributed by atoms with van der Waals surface area (Å²) in [7, 11) is 0. The van der Waals surface area contributed by atoms with Gasteiger partial charge in [-0.25, -0.2) is 0 Å². The maximum Gasteiger partial charge on any atom is 0.303 e. The van der Waals surface area contributed by atoms with Gasteiger partial charge in [0.1, 0.15) is 0 Å². The molecular weight excluding hydrogens is 476 g/mol. The molecular formula is C29H33ClN2O4. The number of aliphatic carboxylic acids is 1. The third-order valence-corrected chi connectivity index (χ3v) is 6.84. The quantitative estimate of drug-likeness (QED) is 0.282. The second-order valence-corrected chi connectivity index (χ2v) is 10.7. The Morgan fingerprint density at radius 3 is 2.50 bits per heavy atom. The summed E-state index contributed by atoms with van der Waals surface area (Å²) in [6.07, 6.45) is 3.40. The lowest BCUT2D eigenvalue weighted by Gasteiger charge is -2.16. The maximum atomic E-state index is 13.0. The van der Waals surface area contributed by atoms with E-state index in [-0.39, 0.29) is 24.7 Å². The molecule has 0 spiro atoms. The second-order valence-electron chi connectivity index (χ2n) is 10.2. The molecule has 7 heteroatoms.